The highest BCUT2D eigenvalue weighted by Crippen LogP contribution is 2.17. The van der Waals surface area contributed by atoms with Crippen molar-refractivity contribution in [2.24, 2.45) is 0 Å². The van der Waals surface area contributed by atoms with Crippen LogP contribution < -0.4 is 4.74 Å². The van der Waals surface area contributed by atoms with E-state index in [9.17, 15) is 13.6 Å². The van der Waals surface area contributed by atoms with Crippen molar-refractivity contribution >= 4 is 5.97 Å². The molecule has 1 heterocycles. The van der Waals surface area contributed by atoms with E-state index >= 15 is 0 Å². The molecule has 0 saturated heterocycles. The van der Waals surface area contributed by atoms with E-state index in [1.807, 2.05) is 0 Å². The van der Waals surface area contributed by atoms with Gasteiger partial charge in [0.15, 0.2) is 0 Å². The van der Waals surface area contributed by atoms with E-state index < -0.39 is 17.6 Å². The second kappa shape index (κ2) is 5.68. The number of ether oxygens (including phenoxy) is 1. The molecule has 0 spiro atoms. The van der Waals surface area contributed by atoms with Gasteiger partial charge in [0.2, 0.25) is 0 Å². The average Bonchev–Trinajstić information content (AvgIpc) is 3.02. The van der Waals surface area contributed by atoms with Gasteiger partial charge in [0.1, 0.15) is 23.7 Å². The van der Waals surface area contributed by atoms with Crippen molar-refractivity contribution in [3.63, 3.8) is 0 Å². The summed E-state index contributed by atoms with van der Waals surface area (Å²) < 4.78 is 32.7. The molecule has 0 atom stereocenters. The highest BCUT2D eigenvalue weighted by Gasteiger charge is 2.14. The monoisotopic (exact) mass is 302 g/mol. The lowest BCUT2D eigenvalue weighted by Gasteiger charge is -2.06. The lowest BCUT2D eigenvalue weighted by Crippen LogP contribution is -2.11. The molecule has 3 aromatic rings. The number of halogens is 2. The van der Waals surface area contributed by atoms with Gasteiger partial charge in [-0.3, -0.25) is 0 Å². The molecule has 0 bridgehead atoms. The Balaban J connectivity index is 1.77. The molecule has 0 saturated carbocycles. The average molecular weight is 302 g/mol. The van der Waals surface area contributed by atoms with Gasteiger partial charge in [-0.15, -0.1) is 5.10 Å². The normalized spacial score (nSPS) is 10.5. The summed E-state index contributed by atoms with van der Waals surface area (Å²) in [6, 6.07) is 8.91. The molecular weight excluding hydrogens is 294 g/mol. The second-order valence-electron chi connectivity index (χ2n) is 4.26. The largest absolute Gasteiger partial charge is 0.423 e. The summed E-state index contributed by atoms with van der Waals surface area (Å²) in [6.07, 6.45) is 1.41. The number of nitrogens with zero attached hydrogens (tertiary/aromatic N) is 4. The number of benzene rings is 2. The Morgan fingerprint density at radius 1 is 1.09 bits per heavy atom. The molecule has 8 heteroatoms. The molecule has 0 N–H and O–H groups in total. The molecule has 0 unspecified atom stereocenters. The van der Waals surface area contributed by atoms with Gasteiger partial charge < -0.3 is 4.74 Å². The lowest BCUT2D eigenvalue weighted by molar-refractivity contribution is 0.0730. The van der Waals surface area contributed by atoms with Gasteiger partial charge in [-0.05, 0) is 46.8 Å². The number of aromatic nitrogens is 4. The summed E-state index contributed by atoms with van der Waals surface area (Å²) in [7, 11) is 0. The van der Waals surface area contributed by atoms with Crippen LogP contribution in [0.2, 0.25) is 0 Å². The first-order chi connectivity index (χ1) is 10.6. The third-order valence-electron chi connectivity index (χ3n) is 2.81. The van der Waals surface area contributed by atoms with Gasteiger partial charge >= 0.3 is 5.97 Å². The SMILES string of the molecule is O=C(Oc1ccc(-n2cnnn2)cc1)c1ccc(F)cc1F. The quantitative estimate of drug-likeness (QED) is 0.548. The van der Waals surface area contributed by atoms with Crippen molar-refractivity contribution < 1.29 is 18.3 Å². The fraction of sp³-hybridized carbons (Fsp3) is 0. The molecule has 0 aliphatic rings. The molecule has 3 rings (SSSR count). The standard InChI is InChI=1S/C14H8F2N4O2/c15-9-1-6-12(13(16)7-9)14(21)22-11-4-2-10(3-5-11)20-8-17-18-19-20/h1-8H. The Morgan fingerprint density at radius 2 is 1.86 bits per heavy atom. The molecular formula is C14H8F2N4O2. The Bertz CT molecular complexity index is 804. The van der Waals surface area contributed by atoms with Crippen LogP contribution in [0.5, 0.6) is 5.75 Å². The van der Waals surface area contributed by atoms with Crippen LogP contribution in [0.25, 0.3) is 5.69 Å². The number of carbonyl (C=O) groups excluding carboxylic acids is 1. The third kappa shape index (κ3) is 2.80. The summed E-state index contributed by atoms with van der Waals surface area (Å²) in [6.45, 7) is 0. The topological polar surface area (TPSA) is 69.9 Å². The molecule has 0 radical (unpaired) electrons. The first-order valence-corrected chi connectivity index (χ1v) is 6.14. The zero-order valence-corrected chi connectivity index (χ0v) is 11.0. The van der Waals surface area contributed by atoms with Crippen molar-refractivity contribution in [2.75, 3.05) is 0 Å². The summed E-state index contributed by atoms with van der Waals surface area (Å²) >= 11 is 0. The minimum absolute atomic E-state index is 0.213. The predicted octanol–water partition coefficient (Wildman–Crippen LogP) is 2.16. The van der Waals surface area contributed by atoms with E-state index in [1.165, 1.54) is 23.1 Å². The van der Waals surface area contributed by atoms with Crippen molar-refractivity contribution in [1.29, 1.82) is 0 Å². The van der Waals surface area contributed by atoms with Gasteiger partial charge in [-0.2, -0.15) is 0 Å². The van der Waals surface area contributed by atoms with Crippen LogP contribution in [0.4, 0.5) is 8.78 Å². The number of esters is 1. The fourth-order valence-corrected chi connectivity index (χ4v) is 1.76. The molecule has 0 aliphatic carbocycles. The Morgan fingerprint density at radius 3 is 2.50 bits per heavy atom. The summed E-state index contributed by atoms with van der Waals surface area (Å²) in [4.78, 5) is 11.8. The Labute approximate surface area is 123 Å². The fourth-order valence-electron chi connectivity index (χ4n) is 1.76. The second-order valence-corrected chi connectivity index (χ2v) is 4.26. The van der Waals surface area contributed by atoms with E-state index in [1.54, 1.807) is 12.1 Å². The molecule has 22 heavy (non-hydrogen) atoms. The molecule has 2 aromatic carbocycles. The number of hydrogen-bond acceptors (Lipinski definition) is 5. The number of tetrazole rings is 1. The molecule has 0 aliphatic heterocycles. The molecule has 1 aromatic heterocycles. The highest BCUT2D eigenvalue weighted by molar-refractivity contribution is 5.91. The van der Waals surface area contributed by atoms with Crippen molar-refractivity contribution in [2.45, 2.75) is 0 Å². The van der Waals surface area contributed by atoms with Crippen LogP contribution in [-0.2, 0) is 0 Å². The Hall–Kier alpha value is -3.16. The van der Waals surface area contributed by atoms with E-state index in [-0.39, 0.29) is 11.3 Å². The van der Waals surface area contributed by atoms with Crippen LogP contribution in [0.1, 0.15) is 10.4 Å². The van der Waals surface area contributed by atoms with Crippen LogP contribution >= 0.6 is 0 Å². The van der Waals surface area contributed by atoms with Crippen LogP contribution in [0.15, 0.2) is 48.8 Å². The third-order valence-corrected chi connectivity index (χ3v) is 2.81. The van der Waals surface area contributed by atoms with E-state index in [0.29, 0.717) is 11.8 Å². The van der Waals surface area contributed by atoms with E-state index in [0.717, 1.165) is 12.1 Å². The van der Waals surface area contributed by atoms with Gasteiger partial charge in [-0.1, -0.05) is 0 Å². The minimum atomic E-state index is -0.977. The molecule has 0 amide bonds. The molecule has 6 nitrogen and oxygen atoms in total. The maximum absolute atomic E-state index is 13.5. The maximum atomic E-state index is 13.5. The number of hydrogen-bond donors (Lipinski definition) is 0. The van der Waals surface area contributed by atoms with Crippen LogP contribution in [0, 0.1) is 11.6 Å². The number of rotatable bonds is 3. The van der Waals surface area contributed by atoms with Gasteiger partial charge in [0, 0.05) is 6.07 Å². The Kier molecular flexibility index (Phi) is 3.57. The molecule has 110 valence electrons. The van der Waals surface area contributed by atoms with Gasteiger partial charge in [0.05, 0.1) is 11.3 Å². The lowest BCUT2D eigenvalue weighted by atomic mass is 10.2. The van der Waals surface area contributed by atoms with Crippen LogP contribution in [-0.4, -0.2) is 26.2 Å². The van der Waals surface area contributed by atoms with Gasteiger partial charge in [0.25, 0.3) is 0 Å². The van der Waals surface area contributed by atoms with E-state index in [4.69, 9.17) is 4.74 Å². The first-order valence-electron chi connectivity index (χ1n) is 6.14. The summed E-state index contributed by atoms with van der Waals surface area (Å²) in [5.41, 5.74) is 0.323. The first kappa shape index (κ1) is 13.8. The van der Waals surface area contributed by atoms with Crippen molar-refractivity contribution in [3.8, 4) is 11.4 Å². The summed E-state index contributed by atoms with van der Waals surface area (Å²) in [5, 5.41) is 10.7. The van der Waals surface area contributed by atoms with Crippen molar-refractivity contribution in [1.82, 2.24) is 20.2 Å². The zero-order valence-electron chi connectivity index (χ0n) is 11.0. The smallest absolute Gasteiger partial charge is 0.346 e. The van der Waals surface area contributed by atoms with Gasteiger partial charge in [-0.25, -0.2) is 18.3 Å². The summed E-state index contributed by atoms with van der Waals surface area (Å²) in [5.74, 6) is -2.44. The minimum Gasteiger partial charge on any atom is -0.423 e. The van der Waals surface area contributed by atoms with E-state index in [2.05, 4.69) is 15.5 Å². The molecule has 0 fully saturated rings. The number of carbonyl (C=O) groups is 1. The zero-order chi connectivity index (χ0) is 15.5. The predicted molar refractivity (Wildman–Crippen MR) is 70.5 cm³/mol. The van der Waals surface area contributed by atoms with Crippen molar-refractivity contribution in [3.05, 3.63) is 66.0 Å². The maximum Gasteiger partial charge on any atom is 0.346 e. The van der Waals surface area contributed by atoms with Crippen LogP contribution in [0.3, 0.4) is 0 Å². The highest BCUT2D eigenvalue weighted by atomic mass is 19.1.